The van der Waals surface area contributed by atoms with Crippen molar-refractivity contribution in [2.45, 2.75) is 33.4 Å². The molecule has 1 aromatic carbocycles. The lowest BCUT2D eigenvalue weighted by Gasteiger charge is -2.27. The number of benzene rings is 1. The zero-order valence-electron chi connectivity index (χ0n) is 14.4. The highest BCUT2D eigenvalue weighted by molar-refractivity contribution is 5.35. The first-order valence-electron chi connectivity index (χ1n) is 8.43. The molecule has 0 saturated heterocycles. The SMILES string of the molecule is Cc1ncc2c(n1)CCN(Cc1cnn(-c3ccc(F)cc3)c1C)C2. The Morgan fingerprint density at radius 2 is 1.92 bits per heavy atom. The predicted octanol–water partition coefficient (Wildman–Crippen LogP) is 2.98. The Kier molecular flexibility index (Phi) is 4.05. The van der Waals surface area contributed by atoms with E-state index in [9.17, 15) is 4.39 Å². The van der Waals surface area contributed by atoms with Crippen LogP contribution < -0.4 is 0 Å². The van der Waals surface area contributed by atoms with Crippen molar-refractivity contribution in [1.29, 1.82) is 0 Å². The van der Waals surface area contributed by atoms with E-state index >= 15 is 0 Å². The fourth-order valence-corrected chi connectivity index (χ4v) is 3.29. The summed E-state index contributed by atoms with van der Waals surface area (Å²) in [5, 5.41) is 4.48. The maximum Gasteiger partial charge on any atom is 0.125 e. The molecule has 3 heterocycles. The summed E-state index contributed by atoms with van der Waals surface area (Å²) in [6.07, 6.45) is 4.79. The van der Waals surface area contributed by atoms with Gasteiger partial charge < -0.3 is 0 Å². The summed E-state index contributed by atoms with van der Waals surface area (Å²) >= 11 is 0. The average Bonchev–Trinajstić information content (AvgIpc) is 2.96. The second-order valence-corrected chi connectivity index (χ2v) is 6.49. The van der Waals surface area contributed by atoms with E-state index in [1.165, 1.54) is 29.0 Å². The Bertz CT molecular complexity index is 901. The molecule has 25 heavy (non-hydrogen) atoms. The Morgan fingerprint density at radius 1 is 1.12 bits per heavy atom. The van der Waals surface area contributed by atoms with Crippen LogP contribution in [-0.4, -0.2) is 31.2 Å². The first-order chi connectivity index (χ1) is 12.1. The lowest BCUT2D eigenvalue weighted by molar-refractivity contribution is 0.242. The first kappa shape index (κ1) is 15.9. The summed E-state index contributed by atoms with van der Waals surface area (Å²) in [5.74, 6) is 0.599. The van der Waals surface area contributed by atoms with Crippen LogP contribution in [0.3, 0.4) is 0 Å². The Balaban J connectivity index is 1.52. The normalized spacial score (nSPS) is 14.5. The van der Waals surface area contributed by atoms with Crippen LogP contribution >= 0.6 is 0 Å². The third-order valence-corrected chi connectivity index (χ3v) is 4.71. The molecule has 0 atom stereocenters. The van der Waals surface area contributed by atoms with E-state index in [1.54, 1.807) is 12.1 Å². The van der Waals surface area contributed by atoms with Crippen molar-refractivity contribution in [3.05, 3.63) is 70.8 Å². The highest BCUT2D eigenvalue weighted by Gasteiger charge is 2.19. The zero-order valence-corrected chi connectivity index (χ0v) is 14.4. The van der Waals surface area contributed by atoms with Crippen LogP contribution in [0.25, 0.3) is 5.69 Å². The fourth-order valence-electron chi connectivity index (χ4n) is 3.29. The van der Waals surface area contributed by atoms with Gasteiger partial charge in [0.2, 0.25) is 0 Å². The third kappa shape index (κ3) is 3.17. The van der Waals surface area contributed by atoms with Crippen LogP contribution in [0.5, 0.6) is 0 Å². The Hall–Kier alpha value is -2.60. The molecular weight excluding hydrogens is 317 g/mol. The Morgan fingerprint density at radius 3 is 2.72 bits per heavy atom. The second-order valence-electron chi connectivity index (χ2n) is 6.49. The molecule has 3 aromatic rings. The van der Waals surface area contributed by atoms with E-state index in [1.807, 2.05) is 24.0 Å². The number of halogens is 1. The molecule has 6 heteroatoms. The minimum absolute atomic E-state index is 0.238. The van der Waals surface area contributed by atoms with E-state index in [2.05, 4.69) is 26.9 Å². The molecule has 0 N–H and O–H groups in total. The summed E-state index contributed by atoms with van der Waals surface area (Å²) in [5.41, 5.74) is 5.51. The molecule has 0 bridgehead atoms. The van der Waals surface area contributed by atoms with Crippen LogP contribution in [0, 0.1) is 19.7 Å². The van der Waals surface area contributed by atoms with Gasteiger partial charge in [0, 0.05) is 54.8 Å². The van der Waals surface area contributed by atoms with Crippen LogP contribution in [-0.2, 0) is 19.5 Å². The molecule has 0 aliphatic carbocycles. The summed E-state index contributed by atoms with van der Waals surface area (Å²) in [6.45, 7) is 6.65. The lowest BCUT2D eigenvalue weighted by Crippen LogP contribution is -2.31. The van der Waals surface area contributed by atoms with Gasteiger partial charge >= 0.3 is 0 Å². The van der Waals surface area contributed by atoms with E-state index in [-0.39, 0.29) is 5.82 Å². The van der Waals surface area contributed by atoms with Crippen LogP contribution in [0.4, 0.5) is 4.39 Å². The molecule has 0 fully saturated rings. The molecule has 0 radical (unpaired) electrons. The van der Waals surface area contributed by atoms with E-state index in [0.29, 0.717) is 0 Å². The van der Waals surface area contributed by atoms with Crippen molar-refractivity contribution in [2.75, 3.05) is 6.54 Å². The van der Waals surface area contributed by atoms with Gasteiger partial charge in [0.1, 0.15) is 11.6 Å². The van der Waals surface area contributed by atoms with Crippen LogP contribution in [0.1, 0.15) is 28.3 Å². The van der Waals surface area contributed by atoms with Crippen molar-refractivity contribution in [1.82, 2.24) is 24.6 Å². The smallest absolute Gasteiger partial charge is 0.125 e. The van der Waals surface area contributed by atoms with Crippen LogP contribution in [0.2, 0.25) is 0 Å². The standard InChI is InChI=1S/C19H20FN5/c1-13-15(10-22-25(13)18-5-3-17(20)4-6-18)11-24-8-7-19-16(12-24)9-21-14(2)23-19/h3-6,9-10H,7-8,11-12H2,1-2H3. The topological polar surface area (TPSA) is 46.8 Å². The second kappa shape index (κ2) is 6.37. The summed E-state index contributed by atoms with van der Waals surface area (Å²) in [4.78, 5) is 11.2. The molecule has 1 aliphatic heterocycles. The molecule has 128 valence electrons. The van der Waals surface area contributed by atoms with E-state index < -0.39 is 0 Å². The molecule has 1 aliphatic rings. The van der Waals surface area contributed by atoms with Gasteiger partial charge in [-0.25, -0.2) is 19.0 Å². The number of rotatable bonds is 3. The maximum absolute atomic E-state index is 13.1. The largest absolute Gasteiger partial charge is 0.294 e. The number of hydrogen-bond acceptors (Lipinski definition) is 4. The van der Waals surface area contributed by atoms with E-state index in [4.69, 9.17) is 0 Å². The number of hydrogen-bond donors (Lipinski definition) is 0. The van der Waals surface area contributed by atoms with Gasteiger partial charge in [-0.05, 0) is 38.1 Å². The fraction of sp³-hybridized carbons (Fsp3) is 0.316. The molecule has 0 spiro atoms. The van der Waals surface area contributed by atoms with Gasteiger partial charge in [-0.15, -0.1) is 0 Å². The van der Waals surface area contributed by atoms with Gasteiger partial charge in [-0.1, -0.05) is 0 Å². The predicted molar refractivity (Wildman–Crippen MR) is 92.8 cm³/mol. The van der Waals surface area contributed by atoms with Crippen molar-refractivity contribution in [3.8, 4) is 5.69 Å². The van der Waals surface area contributed by atoms with Gasteiger partial charge in [-0.3, -0.25) is 4.90 Å². The van der Waals surface area contributed by atoms with Crippen molar-refractivity contribution in [2.24, 2.45) is 0 Å². The molecular formula is C19H20FN5. The van der Waals surface area contributed by atoms with Crippen molar-refractivity contribution < 1.29 is 4.39 Å². The monoisotopic (exact) mass is 337 g/mol. The number of aryl methyl sites for hydroxylation is 1. The molecule has 0 saturated carbocycles. The summed E-state index contributed by atoms with van der Waals surface area (Å²) < 4.78 is 15.0. The van der Waals surface area contributed by atoms with Crippen molar-refractivity contribution >= 4 is 0 Å². The molecule has 4 rings (SSSR count). The third-order valence-electron chi connectivity index (χ3n) is 4.71. The number of aromatic nitrogens is 4. The average molecular weight is 337 g/mol. The van der Waals surface area contributed by atoms with Gasteiger partial charge in [0.15, 0.2) is 0 Å². The minimum Gasteiger partial charge on any atom is -0.294 e. The zero-order chi connectivity index (χ0) is 17.4. The Labute approximate surface area is 146 Å². The molecule has 5 nitrogen and oxygen atoms in total. The number of nitrogens with zero attached hydrogens (tertiary/aromatic N) is 5. The molecule has 2 aromatic heterocycles. The van der Waals surface area contributed by atoms with Gasteiger partial charge in [0.25, 0.3) is 0 Å². The lowest BCUT2D eigenvalue weighted by atomic mass is 10.1. The van der Waals surface area contributed by atoms with Gasteiger partial charge in [-0.2, -0.15) is 5.10 Å². The molecule has 0 amide bonds. The minimum atomic E-state index is -0.238. The van der Waals surface area contributed by atoms with Crippen molar-refractivity contribution in [3.63, 3.8) is 0 Å². The quantitative estimate of drug-likeness (QED) is 0.737. The number of fused-ring (bicyclic) bond motifs is 1. The van der Waals surface area contributed by atoms with Gasteiger partial charge in [0.05, 0.1) is 11.9 Å². The van der Waals surface area contributed by atoms with Crippen LogP contribution in [0.15, 0.2) is 36.7 Å². The highest BCUT2D eigenvalue weighted by Crippen LogP contribution is 2.21. The summed E-state index contributed by atoms with van der Waals surface area (Å²) in [6, 6.07) is 6.41. The highest BCUT2D eigenvalue weighted by atomic mass is 19.1. The van der Waals surface area contributed by atoms with E-state index in [0.717, 1.165) is 43.3 Å². The summed E-state index contributed by atoms with van der Waals surface area (Å²) in [7, 11) is 0. The molecule has 0 unspecified atom stereocenters. The maximum atomic E-state index is 13.1. The first-order valence-corrected chi connectivity index (χ1v) is 8.43.